The highest BCUT2D eigenvalue weighted by Crippen LogP contribution is 2.33. The zero-order valence-electron chi connectivity index (χ0n) is 21.3. The highest BCUT2D eigenvalue weighted by atomic mass is 16.5. The Hall–Kier alpha value is -4.15. The summed E-state index contributed by atoms with van der Waals surface area (Å²) in [6.45, 7) is 5.20. The number of carbonyl (C=O) groups is 1. The van der Waals surface area contributed by atoms with Crippen LogP contribution in [-0.2, 0) is 17.8 Å². The number of benzene rings is 2. The van der Waals surface area contributed by atoms with Crippen LogP contribution in [0.25, 0.3) is 17.1 Å². The van der Waals surface area contributed by atoms with E-state index in [0.717, 1.165) is 55.5 Å². The van der Waals surface area contributed by atoms with E-state index in [0.29, 0.717) is 36.8 Å². The molecule has 0 saturated carbocycles. The first-order chi connectivity index (χ1) is 18.7. The van der Waals surface area contributed by atoms with Gasteiger partial charge in [-0.1, -0.05) is 6.07 Å². The van der Waals surface area contributed by atoms with Crippen molar-refractivity contribution >= 4 is 5.91 Å². The maximum atomic E-state index is 13.4. The third kappa shape index (κ3) is 5.00. The summed E-state index contributed by atoms with van der Waals surface area (Å²) < 4.78 is 19.3. The number of aromatic amines is 1. The van der Waals surface area contributed by atoms with Crippen molar-refractivity contribution in [2.24, 2.45) is 0 Å². The summed E-state index contributed by atoms with van der Waals surface area (Å²) in [4.78, 5) is 22.3. The molecule has 1 N–H and O–H groups in total. The number of fused-ring (bicyclic) bond motifs is 7. The number of amides is 1. The van der Waals surface area contributed by atoms with Crippen molar-refractivity contribution in [1.82, 2.24) is 29.5 Å². The molecule has 2 aromatic heterocycles. The Morgan fingerprint density at radius 3 is 2.82 bits per heavy atom. The molecule has 0 spiro atoms. The minimum absolute atomic E-state index is 0.110. The Bertz CT molecular complexity index is 1410. The number of nitrogens with one attached hydrogen (secondary N) is 1. The van der Waals surface area contributed by atoms with Crippen LogP contribution in [0.2, 0.25) is 0 Å². The van der Waals surface area contributed by atoms with E-state index in [4.69, 9.17) is 14.2 Å². The topological polar surface area (TPSA) is 97.7 Å². The summed E-state index contributed by atoms with van der Waals surface area (Å²) in [7, 11) is 1.62. The Labute approximate surface area is 220 Å². The van der Waals surface area contributed by atoms with E-state index in [1.165, 1.54) is 5.56 Å². The number of nitrogens with zero attached hydrogens (tertiary/aromatic N) is 5. The second-order valence-corrected chi connectivity index (χ2v) is 9.44. The van der Waals surface area contributed by atoms with Gasteiger partial charge in [0.2, 0.25) is 0 Å². The van der Waals surface area contributed by atoms with Gasteiger partial charge in [-0.05, 0) is 41.5 Å². The van der Waals surface area contributed by atoms with Gasteiger partial charge in [0.15, 0.2) is 11.5 Å². The molecule has 0 aliphatic carbocycles. The number of imidazole rings is 1. The number of aromatic nitrogens is 4. The fourth-order valence-electron chi connectivity index (χ4n) is 5.03. The largest absolute Gasteiger partial charge is 0.493 e. The van der Waals surface area contributed by atoms with Gasteiger partial charge in [-0.15, -0.1) is 0 Å². The van der Waals surface area contributed by atoms with Crippen molar-refractivity contribution in [2.45, 2.75) is 13.1 Å². The number of morpholine rings is 1. The Morgan fingerprint density at radius 2 is 2.00 bits per heavy atom. The molecule has 10 nitrogen and oxygen atoms in total. The van der Waals surface area contributed by atoms with Crippen LogP contribution in [0.5, 0.6) is 11.5 Å². The first-order valence-corrected chi connectivity index (χ1v) is 12.7. The zero-order valence-corrected chi connectivity index (χ0v) is 21.3. The molecule has 196 valence electrons. The first kappa shape index (κ1) is 24.2. The molecule has 1 amide bonds. The van der Waals surface area contributed by atoms with Crippen molar-refractivity contribution in [3.05, 3.63) is 77.9 Å². The fraction of sp³-hybridized carbons (Fsp3) is 0.321. The second-order valence-electron chi connectivity index (χ2n) is 9.44. The van der Waals surface area contributed by atoms with Crippen LogP contribution in [0.1, 0.15) is 21.5 Å². The molecule has 2 aliphatic heterocycles. The number of hydrogen-bond acceptors (Lipinski definition) is 7. The van der Waals surface area contributed by atoms with E-state index in [9.17, 15) is 4.79 Å². The summed E-state index contributed by atoms with van der Waals surface area (Å²) in [6, 6.07) is 12.3. The smallest absolute Gasteiger partial charge is 0.257 e. The molecule has 6 rings (SSSR count). The summed E-state index contributed by atoms with van der Waals surface area (Å²) in [5.41, 5.74) is 4.63. The molecule has 0 unspecified atom stereocenters. The van der Waals surface area contributed by atoms with Gasteiger partial charge in [0, 0.05) is 56.0 Å². The summed E-state index contributed by atoms with van der Waals surface area (Å²) in [5.74, 6) is 1.93. The number of hydrogen-bond donors (Lipinski definition) is 1. The van der Waals surface area contributed by atoms with E-state index in [-0.39, 0.29) is 5.91 Å². The number of rotatable bonds is 4. The molecule has 1 fully saturated rings. The zero-order chi connectivity index (χ0) is 25.9. The fourth-order valence-corrected chi connectivity index (χ4v) is 5.03. The van der Waals surface area contributed by atoms with E-state index in [1.807, 2.05) is 24.4 Å². The molecule has 4 aromatic rings. The molecule has 4 bridgehead atoms. The van der Waals surface area contributed by atoms with Crippen LogP contribution < -0.4 is 9.47 Å². The lowest BCUT2D eigenvalue weighted by Gasteiger charge is -2.27. The molecule has 0 atom stereocenters. The van der Waals surface area contributed by atoms with Gasteiger partial charge < -0.3 is 19.1 Å². The maximum Gasteiger partial charge on any atom is 0.257 e. The first-order valence-electron chi connectivity index (χ1n) is 12.7. The quantitative estimate of drug-likeness (QED) is 0.447. The summed E-state index contributed by atoms with van der Waals surface area (Å²) >= 11 is 0. The molecular weight excluding hydrogens is 484 g/mol. The standard InChI is InChI=1S/C28H30N6O4/c1-36-25-3-2-22-15-26(25)38-11-8-33(28(35)23-16-30-31-17-23)19-21-12-20(18-32-6-9-37-10-7-32)13-24(14-21)34-5-4-29-27(22)34/h2-5,12-17H,6-11,18-19H2,1H3,(H,30,31). The van der Waals surface area contributed by atoms with Crippen LogP contribution in [0, 0.1) is 0 Å². The maximum absolute atomic E-state index is 13.4. The summed E-state index contributed by atoms with van der Waals surface area (Å²) in [6.07, 6.45) is 6.94. The van der Waals surface area contributed by atoms with E-state index in [2.05, 4.69) is 42.8 Å². The lowest BCUT2D eigenvalue weighted by atomic mass is 10.1. The average Bonchev–Trinajstić information content (AvgIpc) is 3.65. The molecule has 2 aliphatic rings. The SMILES string of the molecule is COc1ccc2cc1OCCN(C(=O)c1cn[nH]c1)Cc1cc(CN3CCOCC3)cc(c1)-n1ccnc1-2. The Kier molecular flexibility index (Phi) is 6.80. The molecule has 10 heteroatoms. The van der Waals surface area contributed by atoms with Crippen LogP contribution >= 0.6 is 0 Å². The molecule has 0 radical (unpaired) electrons. The number of carbonyl (C=O) groups excluding carboxylic acids is 1. The van der Waals surface area contributed by atoms with Gasteiger partial charge in [-0.2, -0.15) is 5.10 Å². The minimum Gasteiger partial charge on any atom is -0.493 e. The second kappa shape index (κ2) is 10.7. The summed E-state index contributed by atoms with van der Waals surface area (Å²) in [5, 5.41) is 6.71. The van der Waals surface area contributed by atoms with Gasteiger partial charge in [0.1, 0.15) is 12.4 Å². The van der Waals surface area contributed by atoms with Gasteiger partial charge in [0.25, 0.3) is 5.91 Å². The third-order valence-electron chi connectivity index (χ3n) is 6.91. The van der Waals surface area contributed by atoms with Crippen molar-refractivity contribution < 1.29 is 19.0 Å². The predicted octanol–water partition coefficient (Wildman–Crippen LogP) is 3.14. The number of ether oxygens (including phenoxy) is 3. The van der Waals surface area contributed by atoms with Crippen LogP contribution in [0.4, 0.5) is 0 Å². The highest BCUT2D eigenvalue weighted by Gasteiger charge is 2.21. The van der Waals surface area contributed by atoms with Crippen molar-refractivity contribution in [1.29, 1.82) is 0 Å². The van der Waals surface area contributed by atoms with Crippen molar-refractivity contribution in [2.75, 3.05) is 46.6 Å². The number of H-pyrrole nitrogens is 1. The highest BCUT2D eigenvalue weighted by molar-refractivity contribution is 5.93. The Morgan fingerprint density at radius 1 is 1.11 bits per heavy atom. The lowest BCUT2D eigenvalue weighted by Crippen LogP contribution is -2.36. The van der Waals surface area contributed by atoms with Gasteiger partial charge >= 0.3 is 0 Å². The van der Waals surface area contributed by atoms with Gasteiger partial charge in [-0.25, -0.2) is 4.98 Å². The predicted molar refractivity (Wildman–Crippen MR) is 140 cm³/mol. The monoisotopic (exact) mass is 514 g/mol. The lowest BCUT2D eigenvalue weighted by molar-refractivity contribution is 0.0341. The van der Waals surface area contributed by atoms with Crippen molar-refractivity contribution in [3.8, 4) is 28.6 Å². The van der Waals surface area contributed by atoms with E-state index in [1.54, 1.807) is 30.6 Å². The van der Waals surface area contributed by atoms with Crippen LogP contribution in [0.15, 0.2) is 61.2 Å². The molecule has 1 saturated heterocycles. The van der Waals surface area contributed by atoms with E-state index >= 15 is 0 Å². The average molecular weight is 515 g/mol. The molecular formula is C28H30N6O4. The third-order valence-corrected chi connectivity index (χ3v) is 6.91. The molecule has 2 aromatic carbocycles. The number of methoxy groups -OCH3 is 1. The normalized spacial score (nSPS) is 16.0. The van der Waals surface area contributed by atoms with Crippen LogP contribution in [0.3, 0.4) is 0 Å². The molecule has 4 heterocycles. The van der Waals surface area contributed by atoms with Gasteiger partial charge in [-0.3, -0.25) is 19.4 Å². The minimum atomic E-state index is -0.110. The van der Waals surface area contributed by atoms with Gasteiger partial charge in [0.05, 0.1) is 38.6 Å². The molecule has 38 heavy (non-hydrogen) atoms. The van der Waals surface area contributed by atoms with Crippen LogP contribution in [-0.4, -0.2) is 82.0 Å². The van der Waals surface area contributed by atoms with Crippen molar-refractivity contribution in [3.63, 3.8) is 0 Å². The van der Waals surface area contributed by atoms with E-state index < -0.39 is 0 Å². The Balaban J connectivity index is 1.45.